The van der Waals surface area contributed by atoms with Gasteiger partial charge in [-0.15, -0.1) is 0 Å². The first kappa shape index (κ1) is 29.2. The van der Waals surface area contributed by atoms with Gasteiger partial charge in [0.25, 0.3) is 5.91 Å². The average molecular weight is 541 g/mol. The number of hydrogen-bond donors (Lipinski definition) is 1. The molecule has 0 saturated heterocycles. The van der Waals surface area contributed by atoms with Gasteiger partial charge >= 0.3 is 5.97 Å². The van der Waals surface area contributed by atoms with Gasteiger partial charge in [0, 0.05) is 21.7 Å². The summed E-state index contributed by atoms with van der Waals surface area (Å²) in [7, 11) is 1.56. The van der Waals surface area contributed by atoms with E-state index in [0.717, 1.165) is 11.8 Å². The number of nitrogens with one attached hydrogen (secondary N) is 1. The molecule has 0 aliphatic heterocycles. The van der Waals surface area contributed by atoms with Crippen molar-refractivity contribution < 1.29 is 23.9 Å². The maximum atomic E-state index is 13.5. The molecule has 1 aromatic heterocycles. The van der Waals surface area contributed by atoms with Crippen LogP contribution in [0.25, 0.3) is 10.9 Å². The van der Waals surface area contributed by atoms with Crippen LogP contribution in [0.3, 0.4) is 0 Å². The first-order valence-corrected chi connectivity index (χ1v) is 13.1. The number of methoxy groups -OCH3 is 1. The fourth-order valence-corrected chi connectivity index (χ4v) is 4.35. The van der Waals surface area contributed by atoms with Crippen molar-refractivity contribution in [2.75, 3.05) is 13.7 Å². The van der Waals surface area contributed by atoms with Gasteiger partial charge in [-0.25, -0.2) is 4.79 Å². The summed E-state index contributed by atoms with van der Waals surface area (Å²) in [5, 5.41) is 4.12. The quantitative estimate of drug-likeness (QED) is 0.338. The van der Waals surface area contributed by atoms with Crippen LogP contribution in [0.5, 0.6) is 5.75 Å². The van der Waals surface area contributed by atoms with Crippen LogP contribution in [0.4, 0.5) is 0 Å². The van der Waals surface area contributed by atoms with Crippen molar-refractivity contribution in [3.8, 4) is 5.75 Å². The van der Waals surface area contributed by atoms with Crippen molar-refractivity contribution in [2.45, 2.75) is 60.4 Å². The topological polar surface area (TPSA) is 86.6 Å². The molecule has 0 spiro atoms. The molecule has 2 aromatic carbocycles. The first-order chi connectivity index (χ1) is 17.8. The number of aromatic nitrogens is 1. The molecule has 1 N–H and O–H groups in total. The van der Waals surface area contributed by atoms with Crippen molar-refractivity contribution in [1.82, 2.24) is 9.88 Å². The van der Waals surface area contributed by atoms with Crippen LogP contribution in [0.2, 0.25) is 5.02 Å². The highest BCUT2D eigenvalue weighted by atomic mass is 35.5. The molecule has 0 aliphatic carbocycles. The summed E-state index contributed by atoms with van der Waals surface area (Å²) in [5.41, 5.74) is 2.49. The van der Waals surface area contributed by atoms with Gasteiger partial charge in [0.05, 0.1) is 25.7 Å². The summed E-state index contributed by atoms with van der Waals surface area (Å²) in [6.07, 6.45) is 0.703. The SMILES string of the molecule is COc1ccc2c(c1)c(CC(=O)NC(C(=O)OCCC(C)(C)C)C(C)C)c(C)n2C(=O)c1ccc(Cl)cc1. The minimum atomic E-state index is -0.777. The molecule has 0 aliphatic rings. The predicted octanol–water partition coefficient (Wildman–Crippen LogP) is 5.96. The number of carbonyl (C=O) groups excluding carboxylic acids is 3. The van der Waals surface area contributed by atoms with E-state index in [1.807, 2.05) is 26.8 Å². The van der Waals surface area contributed by atoms with Crippen molar-refractivity contribution in [3.63, 3.8) is 0 Å². The summed E-state index contributed by atoms with van der Waals surface area (Å²) in [5.74, 6) is -0.562. The fourth-order valence-electron chi connectivity index (χ4n) is 4.23. The monoisotopic (exact) mass is 540 g/mol. The summed E-state index contributed by atoms with van der Waals surface area (Å²) in [6, 6.07) is 11.3. The molecule has 0 saturated carbocycles. The lowest BCUT2D eigenvalue weighted by molar-refractivity contribution is -0.149. The third kappa shape index (κ3) is 6.95. The minimum absolute atomic E-state index is 0.0190. The Morgan fingerprint density at radius 2 is 1.71 bits per heavy atom. The number of halogens is 1. The number of rotatable bonds is 9. The first-order valence-electron chi connectivity index (χ1n) is 12.8. The zero-order valence-corrected chi connectivity index (χ0v) is 23.9. The molecule has 8 heteroatoms. The number of benzene rings is 2. The third-order valence-corrected chi connectivity index (χ3v) is 6.76. The largest absolute Gasteiger partial charge is 0.497 e. The van der Waals surface area contributed by atoms with Crippen molar-refractivity contribution >= 4 is 40.3 Å². The number of esters is 1. The van der Waals surface area contributed by atoms with Gasteiger partial charge in [-0.2, -0.15) is 0 Å². The number of ether oxygens (including phenoxy) is 2. The van der Waals surface area contributed by atoms with E-state index in [9.17, 15) is 14.4 Å². The molecule has 0 radical (unpaired) electrons. The van der Waals surface area contributed by atoms with Crippen LogP contribution in [-0.2, 0) is 20.7 Å². The number of fused-ring (bicyclic) bond motifs is 1. The van der Waals surface area contributed by atoms with Crippen LogP contribution in [0, 0.1) is 18.3 Å². The lowest BCUT2D eigenvalue weighted by Gasteiger charge is -2.23. The van der Waals surface area contributed by atoms with Gasteiger partial charge in [-0.3, -0.25) is 14.2 Å². The van der Waals surface area contributed by atoms with Crippen LogP contribution < -0.4 is 10.1 Å². The highest BCUT2D eigenvalue weighted by molar-refractivity contribution is 6.30. The van der Waals surface area contributed by atoms with Gasteiger partial charge in [0.15, 0.2) is 0 Å². The highest BCUT2D eigenvalue weighted by Gasteiger charge is 2.28. The Morgan fingerprint density at radius 1 is 1.05 bits per heavy atom. The van der Waals surface area contributed by atoms with Crippen LogP contribution in [0.1, 0.15) is 62.7 Å². The number of nitrogens with zero attached hydrogens (tertiary/aromatic N) is 1. The Morgan fingerprint density at radius 3 is 2.29 bits per heavy atom. The predicted molar refractivity (Wildman–Crippen MR) is 150 cm³/mol. The summed E-state index contributed by atoms with van der Waals surface area (Å²) in [4.78, 5) is 39.5. The van der Waals surface area contributed by atoms with Gasteiger partial charge in [0.2, 0.25) is 5.91 Å². The Kier molecular flexibility index (Phi) is 9.26. The van der Waals surface area contributed by atoms with E-state index >= 15 is 0 Å². The van der Waals surface area contributed by atoms with Crippen LogP contribution in [-0.4, -0.2) is 42.1 Å². The van der Waals surface area contributed by atoms with E-state index in [1.54, 1.807) is 48.1 Å². The van der Waals surface area contributed by atoms with Crippen LogP contribution >= 0.6 is 11.6 Å². The molecule has 3 rings (SSSR count). The molecule has 7 nitrogen and oxygen atoms in total. The third-order valence-electron chi connectivity index (χ3n) is 6.51. The molecule has 3 aromatic rings. The summed E-state index contributed by atoms with van der Waals surface area (Å²) < 4.78 is 12.5. The second kappa shape index (κ2) is 12.0. The molecular weight excluding hydrogens is 504 g/mol. The smallest absolute Gasteiger partial charge is 0.328 e. The Balaban J connectivity index is 1.90. The van der Waals surface area contributed by atoms with E-state index in [0.29, 0.717) is 39.7 Å². The van der Waals surface area contributed by atoms with Gasteiger partial charge in [-0.1, -0.05) is 46.2 Å². The van der Waals surface area contributed by atoms with E-state index in [4.69, 9.17) is 21.1 Å². The Hall–Kier alpha value is -3.32. The summed E-state index contributed by atoms with van der Waals surface area (Å²) >= 11 is 6.01. The lowest BCUT2D eigenvalue weighted by atomic mass is 9.93. The average Bonchev–Trinajstić information content (AvgIpc) is 3.11. The van der Waals surface area contributed by atoms with Crippen molar-refractivity contribution in [1.29, 1.82) is 0 Å². The number of amides is 1. The molecule has 38 heavy (non-hydrogen) atoms. The zero-order chi connectivity index (χ0) is 28.2. The molecule has 0 bridgehead atoms. The van der Waals surface area contributed by atoms with Crippen molar-refractivity contribution in [3.05, 3.63) is 64.3 Å². The molecule has 0 fully saturated rings. The second-order valence-corrected chi connectivity index (χ2v) is 11.5. The van der Waals surface area contributed by atoms with E-state index in [2.05, 4.69) is 26.1 Å². The molecule has 1 unspecified atom stereocenters. The fraction of sp³-hybridized carbons (Fsp3) is 0.433. The molecule has 1 heterocycles. The van der Waals surface area contributed by atoms with E-state index in [1.165, 1.54) is 0 Å². The number of hydrogen-bond acceptors (Lipinski definition) is 5. The standard InChI is InChI=1S/C30H37ClN2O5/c1-18(2)27(29(36)38-15-14-30(4,5)6)32-26(34)17-23-19(3)33(25-13-12-22(37-7)16-24(23)25)28(35)20-8-10-21(31)11-9-20/h8-13,16,18,27H,14-15,17H2,1-7H3,(H,32,34). The molecular formula is C30H37ClN2O5. The van der Waals surface area contributed by atoms with E-state index < -0.39 is 12.0 Å². The molecule has 1 atom stereocenters. The maximum absolute atomic E-state index is 13.5. The number of carbonyl (C=O) groups is 3. The van der Waals surface area contributed by atoms with Crippen LogP contribution in [0.15, 0.2) is 42.5 Å². The van der Waals surface area contributed by atoms with E-state index in [-0.39, 0.29) is 29.6 Å². The molecule has 204 valence electrons. The zero-order valence-electron chi connectivity index (χ0n) is 23.2. The maximum Gasteiger partial charge on any atom is 0.328 e. The Labute approximate surface area is 229 Å². The molecule has 1 amide bonds. The minimum Gasteiger partial charge on any atom is -0.497 e. The van der Waals surface area contributed by atoms with Gasteiger partial charge in [-0.05, 0) is 72.7 Å². The lowest BCUT2D eigenvalue weighted by Crippen LogP contribution is -2.46. The van der Waals surface area contributed by atoms with Crippen molar-refractivity contribution in [2.24, 2.45) is 11.3 Å². The highest BCUT2D eigenvalue weighted by Crippen LogP contribution is 2.31. The van der Waals surface area contributed by atoms with Gasteiger partial charge in [0.1, 0.15) is 11.8 Å². The second-order valence-electron chi connectivity index (χ2n) is 11.0. The summed E-state index contributed by atoms with van der Waals surface area (Å²) in [6.45, 7) is 12.1. The van der Waals surface area contributed by atoms with Gasteiger partial charge < -0.3 is 14.8 Å². The normalized spacial score (nSPS) is 12.4. The Bertz CT molecular complexity index is 1320.